The first-order valence-corrected chi connectivity index (χ1v) is 20.1. The monoisotopic (exact) mass is 758 g/mol. The van der Waals surface area contributed by atoms with Gasteiger partial charge in [0.2, 0.25) is 0 Å². The molecule has 280 valence electrons. The summed E-state index contributed by atoms with van der Waals surface area (Å²) in [5.41, 5.74) is 16.0. The first-order chi connectivity index (χ1) is 29.0. The number of hydrogen-bond donors (Lipinski definition) is 0. The molecule has 11 rings (SSSR count). The molecular weight excluding hydrogens is 721 g/mol. The van der Waals surface area contributed by atoms with Gasteiger partial charge < -0.3 is 9.47 Å². The van der Waals surface area contributed by atoms with Gasteiger partial charge in [-0.1, -0.05) is 190 Å². The van der Waals surface area contributed by atoms with Gasteiger partial charge in [0, 0.05) is 33.2 Å². The number of benzene rings is 8. The molecule has 1 aliphatic heterocycles. The van der Waals surface area contributed by atoms with Gasteiger partial charge in [-0.25, -0.2) is 9.97 Å². The van der Waals surface area contributed by atoms with Crippen molar-refractivity contribution in [2.75, 3.05) is 0 Å². The molecule has 0 spiro atoms. The lowest BCUT2D eigenvalue weighted by atomic mass is 9.82. The maximum Gasteiger partial charge on any atom is 0.178 e. The average molecular weight is 759 g/mol. The van der Waals surface area contributed by atoms with E-state index < -0.39 is 0 Å². The standard InChI is InChI=1S/C55H38N2O2/c1-55(2)45-22-12-11-20-44(45)51-46(55)32-33-50-53(51)59-52-43(21-13-23-49(52)58-50)42-19-10-9-18-41(42)37-26-30-40(31-27-37)54-56-47(38-16-7-4-8-17-38)34-48(57-54)39-28-24-36(25-29-39)35-14-5-3-6-15-35/h3-34H,1-2H3. The van der Waals surface area contributed by atoms with Crippen LogP contribution in [0.4, 0.5) is 0 Å². The second-order valence-electron chi connectivity index (χ2n) is 15.7. The first-order valence-electron chi connectivity index (χ1n) is 20.1. The van der Waals surface area contributed by atoms with Gasteiger partial charge in [-0.05, 0) is 62.7 Å². The van der Waals surface area contributed by atoms with Crippen molar-refractivity contribution in [1.29, 1.82) is 0 Å². The van der Waals surface area contributed by atoms with Crippen molar-refractivity contribution >= 4 is 0 Å². The second kappa shape index (κ2) is 13.8. The van der Waals surface area contributed by atoms with Crippen LogP contribution in [0, 0.1) is 0 Å². The maximum absolute atomic E-state index is 7.01. The normalized spacial score (nSPS) is 13.0. The van der Waals surface area contributed by atoms with E-state index in [4.69, 9.17) is 19.4 Å². The molecule has 0 fully saturated rings. The molecule has 0 N–H and O–H groups in total. The molecule has 2 aliphatic rings. The van der Waals surface area contributed by atoms with Crippen LogP contribution >= 0.6 is 0 Å². The molecule has 0 unspecified atom stereocenters. The number of ether oxygens (including phenoxy) is 2. The van der Waals surface area contributed by atoms with Crippen LogP contribution in [0.25, 0.3) is 78.4 Å². The summed E-state index contributed by atoms with van der Waals surface area (Å²) in [5, 5.41) is 0. The fraction of sp³-hybridized carbons (Fsp3) is 0.0545. The molecule has 4 heteroatoms. The van der Waals surface area contributed by atoms with Crippen molar-refractivity contribution in [2.45, 2.75) is 19.3 Å². The zero-order valence-corrected chi connectivity index (χ0v) is 32.7. The minimum absolute atomic E-state index is 0.146. The third kappa shape index (κ3) is 5.92. The van der Waals surface area contributed by atoms with E-state index in [2.05, 4.69) is 172 Å². The number of hydrogen-bond acceptors (Lipinski definition) is 4. The summed E-state index contributed by atoms with van der Waals surface area (Å²) in [5.74, 6) is 3.59. The smallest absolute Gasteiger partial charge is 0.178 e. The SMILES string of the molecule is CC1(C)c2ccccc2-c2c1ccc1c2Oc2c(cccc2-c2ccccc2-c2ccc(-c3nc(-c4ccccc4)cc(-c4ccc(-c5ccccc5)cc4)n3)cc2)O1. The van der Waals surface area contributed by atoms with Crippen LogP contribution < -0.4 is 9.47 Å². The van der Waals surface area contributed by atoms with Crippen molar-refractivity contribution in [2.24, 2.45) is 0 Å². The lowest BCUT2D eigenvalue weighted by Gasteiger charge is -2.27. The van der Waals surface area contributed by atoms with Crippen molar-refractivity contribution < 1.29 is 9.47 Å². The molecule has 9 aromatic rings. The number of para-hydroxylation sites is 1. The zero-order valence-electron chi connectivity index (χ0n) is 32.7. The van der Waals surface area contributed by atoms with Gasteiger partial charge in [-0.15, -0.1) is 0 Å². The fourth-order valence-corrected chi connectivity index (χ4v) is 8.77. The number of nitrogens with zero attached hydrogens (tertiary/aromatic N) is 2. The van der Waals surface area contributed by atoms with Crippen molar-refractivity contribution in [3.63, 3.8) is 0 Å². The number of aromatic nitrogens is 2. The lowest BCUT2D eigenvalue weighted by Crippen LogP contribution is -2.15. The van der Waals surface area contributed by atoms with E-state index in [9.17, 15) is 0 Å². The van der Waals surface area contributed by atoms with Gasteiger partial charge >= 0.3 is 0 Å². The van der Waals surface area contributed by atoms with Crippen LogP contribution in [-0.4, -0.2) is 9.97 Å². The van der Waals surface area contributed by atoms with Gasteiger partial charge in [0.05, 0.1) is 11.4 Å². The molecule has 1 aromatic heterocycles. The topological polar surface area (TPSA) is 44.2 Å². The summed E-state index contributed by atoms with van der Waals surface area (Å²) in [6, 6.07) is 67.5. The first kappa shape index (κ1) is 34.7. The molecule has 0 saturated heterocycles. The third-order valence-electron chi connectivity index (χ3n) is 11.8. The molecule has 8 aromatic carbocycles. The molecule has 0 radical (unpaired) electrons. The highest BCUT2D eigenvalue weighted by atomic mass is 16.6. The summed E-state index contributed by atoms with van der Waals surface area (Å²) in [6.07, 6.45) is 0. The van der Waals surface area contributed by atoms with Crippen LogP contribution in [0.1, 0.15) is 25.0 Å². The van der Waals surface area contributed by atoms with Crippen molar-refractivity contribution in [1.82, 2.24) is 9.97 Å². The Morgan fingerprint density at radius 2 is 0.881 bits per heavy atom. The lowest BCUT2D eigenvalue weighted by molar-refractivity contribution is 0.361. The third-order valence-corrected chi connectivity index (χ3v) is 11.8. The summed E-state index contributed by atoms with van der Waals surface area (Å²) >= 11 is 0. The van der Waals surface area contributed by atoms with Gasteiger partial charge in [0.25, 0.3) is 0 Å². The molecular formula is C55H38N2O2. The van der Waals surface area contributed by atoms with Crippen LogP contribution in [0.2, 0.25) is 0 Å². The molecule has 2 heterocycles. The van der Waals surface area contributed by atoms with E-state index in [0.29, 0.717) is 11.6 Å². The Morgan fingerprint density at radius 1 is 0.356 bits per heavy atom. The van der Waals surface area contributed by atoms with Crippen molar-refractivity contribution in [3.8, 4) is 101 Å². The zero-order chi connectivity index (χ0) is 39.5. The Morgan fingerprint density at radius 3 is 1.61 bits per heavy atom. The van der Waals surface area contributed by atoms with E-state index >= 15 is 0 Å². The van der Waals surface area contributed by atoms with Crippen LogP contribution in [0.5, 0.6) is 23.0 Å². The second-order valence-corrected chi connectivity index (χ2v) is 15.7. The molecule has 0 amide bonds. The number of rotatable bonds is 6. The van der Waals surface area contributed by atoms with Crippen LogP contribution in [-0.2, 0) is 5.41 Å². The van der Waals surface area contributed by atoms with Gasteiger partial charge in [-0.2, -0.15) is 0 Å². The van der Waals surface area contributed by atoms with Gasteiger partial charge in [-0.3, -0.25) is 0 Å². The Labute approximate surface area is 344 Å². The van der Waals surface area contributed by atoms with E-state index in [0.717, 1.165) is 73.1 Å². The quantitative estimate of drug-likeness (QED) is 0.169. The predicted octanol–water partition coefficient (Wildman–Crippen LogP) is 14.7. The molecule has 4 nitrogen and oxygen atoms in total. The molecule has 0 saturated carbocycles. The Hall–Kier alpha value is -7.56. The molecule has 59 heavy (non-hydrogen) atoms. The van der Waals surface area contributed by atoms with Crippen LogP contribution in [0.3, 0.4) is 0 Å². The average Bonchev–Trinajstić information content (AvgIpc) is 3.54. The summed E-state index contributed by atoms with van der Waals surface area (Å²) in [6.45, 7) is 4.56. The highest BCUT2D eigenvalue weighted by molar-refractivity contribution is 5.91. The Balaban J connectivity index is 0.958. The molecule has 1 aliphatic carbocycles. The maximum atomic E-state index is 7.01. The summed E-state index contributed by atoms with van der Waals surface area (Å²) < 4.78 is 13.6. The van der Waals surface area contributed by atoms with Crippen molar-refractivity contribution in [3.05, 3.63) is 205 Å². The predicted molar refractivity (Wildman–Crippen MR) is 239 cm³/mol. The Kier molecular flexibility index (Phi) is 8.12. The van der Waals surface area contributed by atoms with E-state index in [1.807, 2.05) is 36.4 Å². The summed E-state index contributed by atoms with van der Waals surface area (Å²) in [7, 11) is 0. The van der Waals surface area contributed by atoms with E-state index in [1.54, 1.807) is 0 Å². The highest BCUT2D eigenvalue weighted by Crippen LogP contribution is 2.59. The summed E-state index contributed by atoms with van der Waals surface area (Å²) in [4.78, 5) is 10.2. The van der Waals surface area contributed by atoms with E-state index in [1.165, 1.54) is 27.8 Å². The number of fused-ring (bicyclic) bond motifs is 6. The fourth-order valence-electron chi connectivity index (χ4n) is 8.77. The molecule has 0 bridgehead atoms. The minimum atomic E-state index is -0.146. The van der Waals surface area contributed by atoms with Gasteiger partial charge in [0.1, 0.15) is 0 Å². The van der Waals surface area contributed by atoms with Gasteiger partial charge in [0.15, 0.2) is 28.8 Å². The van der Waals surface area contributed by atoms with E-state index in [-0.39, 0.29) is 5.41 Å². The Bertz CT molecular complexity index is 3040. The van der Waals surface area contributed by atoms with Crippen LogP contribution in [0.15, 0.2) is 194 Å². The highest BCUT2D eigenvalue weighted by Gasteiger charge is 2.40. The minimum Gasteiger partial charge on any atom is -0.449 e. The largest absolute Gasteiger partial charge is 0.449 e. The molecule has 0 atom stereocenters.